The van der Waals surface area contributed by atoms with Crippen LogP contribution in [0, 0.1) is 5.92 Å². The third kappa shape index (κ3) is 6.34. The lowest BCUT2D eigenvalue weighted by Gasteiger charge is -2.11. The summed E-state index contributed by atoms with van der Waals surface area (Å²) in [5.74, 6) is 1.42. The molecule has 1 N–H and O–H groups in total. The molecule has 0 aliphatic carbocycles. The van der Waals surface area contributed by atoms with Crippen molar-refractivity contribution in [3.05, 3.63) is 42.0 Å². The summed E-state index contributed by atoms with van der Waals surface area (Å²) >= 11 is 1.61. The third-order valence-corrected chi connectivity index (χ3v) is 4.18. The number of nitrogens with one attached hydrogen (secondary N) is 1. The van der Waals surface area contributed by atoms with Crippen molar-refractivity contribution < 1.29 is 4.79 Å². The SMILES string of the molecule is CSc1nnc(CCCNC(=O)/C=C/c2cccnc2)n1CC(C)C. The average molecular weight is 359 g/mol. The molecule has 0 bridgehead atoms. The van der Waals surface area contributed by atoms with Crippen molar-refractivity contribution in [3.63, 3.8) is 0 Å². The van der Waals surface area contributed by atoms with Gasteiger partial charge in [0.1, 0.15) is 5.82 Å². The zero-order valence-corrected chi connectivity index (χ0v) is 15.8. The molecular formula is C18H25N5OS. The molecule has 0 aliphatic heterocycles. The number of hydrogen-bond acceptors (Lipinski definition) is 5. The number of amides is 1. The smallest absolute Gasteiger partial charge is 0.244 e. The summed E-state index contributed by atoms with van der Waals surface area (Å²) < 4.78 is 2.18. The highest BCUT2D eigenvalue weighted by molar-refractivity contribution is 7.98. The summed E-state index contributed by atoms with van der Waals surface area (Å²) in [5, 5.41) is 12.4. The molecule has 2 heterocycles. The van der Waals surface area contributed by atoms with E-state index in [1.807, 2.05) is 18.4 Å². The summed E-state index contributed by atoms with van der Waals surface area (Å²) in [4.78, 5) is 15.8. The lowest BCUT2D eigenvalue weighted by molar-refractivity contribution is -0.116. The van der Waals surface area contributed by atoms with Gasteiger partial charge in [-0.3, -0.25) is 9.78 Å². The third-order valence-electron chi connectivity index (χ3n) is 3.51. The van der Waals surface area contributed by atoms with E-state index in [1.54, 1.807) is 30.2 Å². The van der Waals surface area contributed by atoms with Gasteiger partial charge >= 0.3 is 0 Å². The Morgan fingerprint density at radius 1 is 1.40 bits per heavy atom. The molecule has 134 valence electrons. The van der Waals surface area contributed by atoms with Crippen LogP contribution >= 0.6 is 11.8 Å². The summed E-state index contributed by atoms with van der Waals surface area (Å²) in [6.07, 6.45) is 10.4. The van der Waals surface area contributed by atoms with Crippen LogP contribution in [-0.4, -0.2) is 38.5 Å². The lowest BCUT2D eigenvalue weighted by atomic mass is 10.2. The van der Waals surface area contributed by atoms with E-state index in [1.165, 1.54) is 6.08 Å². The molecule has 7 heteroatoms. The molecule has 0 saturated heterocycles. The molecule has 0 saturated carbocycles. The van der Waals surface area contributed by atoms with Crippen LogP contribution in [0.4, 0.5) is 0 Å². The number of aromatic nitrogens is 4. The van der Waals surface area contributed by atoms with Crippen LogP contribution in [0.25, 0.3) is 6.08 Å². The molecule has 1 amide bonds. The van der Waals surface area contributed by atoms with Crippen molar-refractivity contribution >= 4 is 23.7 Å². The van der Waals surface area contributed by atoms with Gasteiger partial charge < -0.3 is 9.88 Å². The predicted octanol–water partition coefficient (Wildman–Crippen LogP) is 2.81. The molecule has 0 aliphatic rings. The Morgan fingerprint density at radius 3 is 2.92 bits per heavy atom. The van der Waals surface area contributed by atoms with Crippen LogP contribution in [-0.2, 0) is 17.8 Å². The number of rotatable bonds is 9. The zero-order chi connectivity index (χ0) is 18.1. The quantitative estimate of drug-likeness (QED) is 0.423. The number of aryl methyl sites for hydroxylation is 1. The first-order valence-corrected chi connectivity index (χ1v) is 9.64. The van der Waals surface area contributed by atoms with Crippen molar-refractivity contribution in [2.45, 2.75) is 38.4 Å². The Balaban J connectivity index is 1.78. The molecule has 0 radical (unpaired) electrons. The summed E-state index contributed by atoms with van der Waals surface area (Å²) in [5.41, 5.74) is 0.907. The normalized spacial score (nSPS) is 11.4. The minimum atomic E-state index is -0.0997. The van der Waals surface area contributed by atoms with E-state index in [-0.39, 0.29) is 5.91 Å². The van der Waals surface area contributed by atoms with Gasteiger partial charge in [0, 0.05) is 38.0 Å². The molecule has 0 unspecified atom stereocenters. The Kier molecular flexibility index (Phi) is 7.66. The molecule has 0 aromatic carbocycles. The molecule has 0 spiro atoms. The molecular weight excluding hydrogens is 334 g/mol. The van der Waals surface area contributed by atoms with Gasteiger partial charge in [-0.15, -0.1) is 10.2 Å². The fourth-order valence-corrected chi connectivity index (χ4v) is 2.89. The fraction of sp³-hybridized carbons (Fsp3) is 0.444. The van der Waals surface area contributed by atoms with Crippen molar-refractivity contribution in [2.24, 2.45) is 5.92 Å². The first kappa shape index (κ1) is 19.2. The molecule has 0 fully saturated rings. The highest BCUT2D eigenvalue weighted by atomic mass is 32.2. The maximum atomic E-state index is 11.8. The van der Waals surface area contributed by atoms with E-state index in [2.05, 4.69) is 38.9 Å². The van der Waals surface area contributed by atoms with Gasteiger partial charge in [0.15, 0.2) is 5.16 Å². The fourth-order valence-electron chi connectivity index (χ4n) is 2.37. The standard InChI is InChI=1S/C18H25N5OS/c1-14(2)13-23-16(21-22-18(23)25-3)7-5-11-20-17(24)9-8-15-6-4-10-19-12-15/h4,6,8-10,12,14H,5,7,11,13H2,1-3H3,(H,20,24)/b9-8+. The first-order chi connectivity index (χ1) is 12.1. The minimum absolute atomic E-state index is 0.0997. The molecule has 0 atom stereocenters. The Morgan fingerprint density at radius 2 is 2.24 bits per heavy atom. The second-order valence-electron chi connectivity index (χ2n) is 6.12. The van der Waals surface area contributed by atoms with E-state index in [0.717, 1.165) is 35.9 Å². The minimum Gasteiger partial charge on any atom is -0.353 e. The lowest BCUT2D eigenvalue weighted by Crippen LogP contribution is -2.23. The summed E-state index contributed by atoms with van der Waals surface area (Å²) in [7, 11) is 0. The topological polar surface area (TPSA) is 72.7 Å². The highest BCUT2D eigenvalue weighted by Crippen LogP contribution is 2.16. The number of carbonyl (C=O) groups is 1. The largest absolute Gasteiger partial charge is 0.353 e. The summed E-state index contributed by atoms with van der Waals surface area (Å²) in [6, 6.07) is 3.75. The molecule has 6 nitrogen and oxygen atoms in total. The number of thioether (sulfide) groups is 1. The van der Waals surface area contributed by atoms with Crippen molar-refractivity contribution in [3.8, 4) is 0 Å². The van der Waals surface area contributed by atoms with Crippen molar-refractivity contribution in [2.75, 3.05) is 12.8 Å². The maximum absolute atomic E-state index is 11.8. The maximum Gasteiger partial charge on any atom is 0.244 e. The Bertz CT molecular complexity index is 697. The van der Waals surface area contributed by atoms with Crippen LogP contribution < -0.4 is 5.32 Å². The molecule has 25 heavy (non-hydrogen) atoms. The van der Waals surface area contributed by atoms with Gasteiger partial charge in [-0.05, 0) is 36.3 Å². The first-order valence-electron chi connectivity index (χ1n) is 8.42. The number of pyridine rings is 1. The second-order valence-corrected chi connectivity index (χ2v) is 6.90. The van der Waals surface area contributed by atoms with Crippen LogP contribution in [0.5, 0.6) is 0 Å². The number of nitrogens with zero attached hydrogens (tertiary/aromatic N) is 4. The van der Waals surface area contributed by atoms with E-state index >= 15 is 0 Å². The van der Waals surface area contributed by atoms with E-state index in [4.69, 9.17) is 0 Å². The van der Waals surface area contributed by atoms with Gasteiger partial charge in [0.2, 0.25) is 5.91 Å². The van der Waals surface area contributed by atoms with Crippen LogP contribution in [0.1, 0.15) is 31.7 Å². The van der Waals surface area contributed by atoms with Crippen LogP contribution in [0.15, 0.2) is 35.8 Å². The van der Waals surface area contributed by atoms with E-state index in [9.17, 15) is 4.79 Å². The van der Waals surface area contributed by atoms with Gasteiger partial charge in [-0.2, -0.15) is 0 Å². The molecule has 2 aromatic rings. The average Bonchev–Trinajstić information content (AvgIpc) is 2.99. The van der Waals surface area contributed by atoms with Crippen molar-refractivity contribution in [1.29, 1.82) is 0 Å². The summed E-state index contributed by atoms with van der Waals surface area (Å²) in [6.45, 7) is 5.89. The number of hydrogen-bond donors (Lipinski definition) is 1. The second kappa shape index (κ2) is 9.98. The highest BCUT2D eigenvalue weighted by Gasteiger charge is 2.12. The van der Waals surface area contributed by atoms with Crippen molar-refractivity contribution in [1.82, 2.24) is 25.1 Å². The monoisotopic (exact) mass is 359 g/mol. The molecule has 2 rings (SSSR count). The van der Waals surface area contributed by atoms with Gasteiger partial charge in [0.05, 0.1) is 0 Å². The van der Waals surface area contributed by atoms with E-state index in [0.29, 0.717) is 12.5 Å². The Labute approximate surface area is 153 Å². The van der Waals surface area contributed by atoms with Gasteiger partial charge in [0.25, 0.3) is 0 Å². The van der Waals surface area contributed by atoms with E-state index < -0.39 is 0 Å². The predicted molar refractivity (Wildman–Crippen MR) is 101 cm³/mol. The van der Waals surface area contributed by atoms with Crippen LogP contribution in [0.3, 0.4) is 0 Å². The van der Waals surface area contributed by atoms with Crippen LogP contribution in [0.2, 0.25) is 0 Å². The van der Waals surface area contributed by atoms with Gasteiger partial charge in [-0.25, -0.2) is 0 Å². The zero-order valence-electron chi connectivity index (χ0n) is 15.0. The Hall–Kier alpha value is -2.15. The number of carbonyl (C=O) groups excluding carboxylic acids is 1. The molecule has 2 aromatic heterocycles. The van der Waals surface area contributed by atoms with Gasteiger partial charge in [-0.1, -0.05) is 31.7 Å².